The molecule has 2 rings (SSSR count). The van der Waals surface area contributed by atoms with Gasteiger partial charge in [0.1, 0.15) is 0 Å². The van der Waals surface area contributed by atoms with E-state index in [1.165, 1.54) is 0 Å². The fraction of sp³-hybridized carbons (Fsp3) is 0.750. The van der Waals surface area contributed by atoms with Gasteiger partial charge in [-0.3, -0.25) is 4.79 Å². The van der Waals surface area contributed by atoms with Crippen LogP contribution in [0.1, 0.15) is 37.9 Å². The molecule has 1 fully saturated rings. The summed E-state index contributed by atoms with van der Waals surface area (Å²) in [6.45, 7) is 5.84. The van der Waals surface area contributed by atoms with Crippen LogP contribution < -0.4 is 10.6 Å². The van der Waals surface area contributed by atoms with Crippen molar-refractivity contribution in [1.82, 2.24) is 20.8 Å². The van der Waals surface area contributed by atoms with Gasteiger partial charge in [0.15, 0.2) is 5.82 Å². The van der Waals surface area contributed by atoms with Gasteiger partial charge in [-0.25, -0.2) is 0 Å². The third kappa shape index (κ3) is 2.69. The van der Waals surface area contributed by atoms with Crippen LogP contribution in [-0.2, 0) is 11.3 Å². The minimum absolute atomic E-state index is 0.0882. The number of aromatic nitrogens is 2. The Labute approximate surface area is 107 Å². The zero-order valence-corrected chi connectivity index (χ0v) is 11.0. The molecule has 2 N–H and O–H groups in total. The Morgan fingerprint density at radius 1 is 1.61 bits per heavy atom. The number of nitrogens with one attached hydrogen (secondary N) is 2. The van der Waals surface area contributed by atoms with Crippen LogP contribution in [0.4, 0.5) is 0 Å². The molecule has 6 nitrogen and oxygen atoms in total. The number of nitrogens with zero attached hydrogens (tertiary/aromatic N) is 2. The quantitative estimate of drug-likeness (QED) is 0.809. The molecule has 6 heteroatoms. The van der Waals surface area contributed by atoms with Crippen LogP contribution in [0.2, 0.25) is 0 Å². The van der Waals surface area contributed by atoms with Crippen LogP contribution in [0.25, 0.3) is 0 Å². The molecule has 1 amide bonds. The van der Waals surface area contributed by atoms with E-state index in [-0.39, 0.29) is 11.3 Å². The molecule has 0 aromatic carbocycles. The molecular weight excluding hydrogens is 232 g/mol. The molecule has 100 valence electrons. The maximum Gasteiger partial charge on any atom is 0.246 e. The molecule has 18 heavy (non-hydrogen) atoms. The molecule has 1 aliphatic heterocycles. The summed E-state index contributed by atoms with van der Waals surface area (Å²) in [5, 5.41) is 9.87. The first-order valence-corrected chi connectivity index (χ1v) is 6.44. The second-order valence-electron chi connectivity index (χ2n) is 4.88. The zero-order valence-electron chi connectivity index (χ0n) is 11.0. The van der Waals surface area contributed by atoms with Gasteiger partial charge in [0.2, 0.25) is 11.8 Å². The van der Waals surface area contributed by atoms with E-state index in [1.54, 1.807) is 6.92 Å². The van der Waals surface area contributed by atoms with Crippen molar-refractivity contribution in [2.24, 2.45) is 5.41 Å². The number of aryl methyl sites for hydroxylation is 1. The smallest absolute Gasteiger partial charge is 0.246 e. The molecular formula is C12H20N4O2. The lowest BCUT2D eigenvalue weighted by atomic mass is 9.81. The highest BCUT2D eigenvalue weighted by Crippen LogP contribution is 2.31. The lowest BCUT2D eigenvalue weighted by molar-refractivity contribution is -0.130. The zero-order chi connectivity index (χ0) is 13.0. The highest BCUT2D eigenvalue weighted by atomic mass is 16.5. The van der Waals surface area contributed by atoms with Gasteiger partial charge in [-0.15, -0.1) is 0 Å². The summed E-state index contributed by atoms with van der Waals surface area (Å²) in [4.78, 5) is 16.4. The molecule has 0 saturated carbocycles. The fourth-order valence-corrected chi connectivity index (χ4v) is 2.50. The first-order valence-electron chi connectivity index (χ1n) is 6.44. The van der Waals surface area contributed by atoms with Gasteiger partial charge >= 0.3 is 0 Å². The Morgan fingerprint density at radius 3 is 3.00 bits per heavy atom. The summed E-state index contributed by atoms with van der Waals surface area (Å²) in [6, 6.07) is 0. The third-order valence-corrected chi connectivity index (χ3v) is 3.42. The van der Waals surface area contributed by atoms with Crippen LogP contribution in [0.3, 0.4) is 0 Å². The predicted molar refractivity (Wildman–Crippen MR) is 65.7 cm³/mol. The monoisotopic (exact) mass is 252 g/mol. The van der Waals surface area contributed by atoms with Crippen LogP contribution in [0, 0.1) is 12.3 Å². The van der Waals surface area contributed by atoms with E-state index in [2.05, 4.69) is 27.7 Å². The Hall–Kier alpha value is -1.43. The van der Waals surface area contributed by atoms with Crippen molar-refractivity contribution in [2.45, 2.75) is 39.7 Å². The van der Waals surface area contributed by atoms with Crippen LogP contribution in [0.15, 0.2) is 4.52 Å². The average molecular weight is 252 g/mol. The lowest BCUT2D eigenvalue weighted by Crippen LogP contribution is -2.42. The van der Waals surface area contributed by atoms with Crippen molar-refractivity contribution in [1.29, 1.82) is 0 Å². The topological polar surface area (TPSA) is 80.1 Å². The van der Waals surface area contributed by atoms with E-state index in [0.29, 0.717) is 18.3 Å². The van der Waals surface area contributed by atoms with Crippen molar-refractivity contribution in [3.8, 4) is 0 Å². The minimum Gasteiger partial charge on any atom is -0.346 e. The number of carbonyl (C=O) groups excluding carboxylic acids is 1. The number of carbonyl (C=O) groups is 1. The first kappa shape index (κ1) is 13.0. The van der Waals surface area contributed by atoms with Crippen LogP contribution in [-0.4, -0.2) is 29.1 Å². The second-order valence-corrected chi connectivity index (χ2v) is 4.88. The SMILES string of the molecule is CCCC1(C(=O)NCc2nc(C)no2)CCNC1. The minimum atomic E-state index is -0.260. The van der Waals surface area contributed by atoms with E-state index >= 15 is 0 Å². The van der Waals surface area contributed by atoms with Gasteiger partial charge in [-0.1, -0.05) is 18.5 Å². The summed E-state index contributed by atoms with van der Waals surface area (Å²) >= 11 is 0. The normalized spacial score (nSPS) is 23.2. The van der Waals surface area contributed by atoms with Gasteiger partial charge in [-0.05, 0) is 26.3 Å². The number of hydrogen-bond acceptors (Lipinski definition) is 5. The molecule has 1 atom stereocenters. The fourth-order valence-electron chi connectivity index (χ4n) is 2.50. The molecule has 1 aromatic rings. The number of rotatable bonds is 5. The Kier molecular flexibility index (Phi) is 3.96. The van der Waals surface area contributed by atoms with Gasteiger partial charge in [0.25, 0.3) is 0 Å². The molecule has 0 radical (unpaired) electrons. The summed E-state index contributed by atoms with van der Waals surface area (Å²) in [6.07, 6.45) is 2.82. The van der Waals surface area contributed by atoms with Crippen molar-refractivity contribution >= 4 is 5.91 Å². The van der Waals surface area contributed by atoms with Crippen molar-refractivity contribution < 1.29 is 9.32 Å². The van der Waals surface area contributed by atoms with Crippen molar-refractivity contribution in [2.75, 3.05) is 13.1 Å². The summed E-state index contributed by atoms with van der Waals surface area (Å²) < 4.78 is 4.98. The standard InChI is InChI=1S/C12H20N4O2/c1-3-4-12(5-6-13-8-12)11(17)14-7-10-15-9(2)16-18-10/h13H,3-8H2,1-2H3,(H,14,17). The molecule has 0 spiro atoms. The van der Waals surface area contributed by atoms with Crippen molar-refractivity contribution in [3.05, 3.63) is 11.7 Å². The van der Waals surface area contributed by atoms with E-state index in [0.717, 1.165) is 32.4 Å². The molecule has 2 heterocycles. The molecule has 1 saturated heterocycles. The maximum atomic E-state index is 12.3. The lowest BCUT2D eigenvalue weighted by Gasteiger charge is -2.26. The van der Waals surface area contributed by atoms with E-state index in [9.17, 15) is 4.79 Å². The molecule has 1 aromatic heterocycles. The molecule has 0 bridgehead atoms. The van der Waals surface area contributed by atoms with Crippen molar-refractivity contribution in [3.63, 3.8) is 0 Å². The average Bonchev–Trinajstić information content (AvgIpc) is 2.97. The van der Waals surface area contributed by atoms with E-state index in [4.69, 9.17) is 4.52 Å². The largest absolute Gasteiger partial charge is 0.346 e. The van der Waals surface area contributed by atoms with Gasteiger partial charge in [0.05, 0.1) is 12.0 Å². The molecule has 0 aliphatic carbocycles. The van der Waals surface area contributed by atoms with Crippen LogP contribution in [0.5, 0.6) is 0 Å². The van der Waals surface area contributed by atoms with E-state index < -0.39 is 0 Å². The summed E-state index contributed by atoms with van der Waals surface area (Å²) in [5.74, 6) is 1.13. The van der Waals surface area contributed by atoms with Gasteiger partial charge < -0.3 is 15.2 Å². The Morgan fingerprint density at radius 2 is 2.44 bits per heavy atom. The Balaban J connectivity index is 1.93. The summed E-state index contributed by atoms with van der Waals surface area (Å²) in [5.41, 5.74) is -0.260. The Bertz CT molecular complexity index is 410. The second kappa shape index (κ2) is 5.48. The summed E-state index contributed by atoms with van der Waals surface area (Å²) in [7, 11) is 0. The van der Waals surface area contributed by atoms with Gasteiger partial charge in [-0.2, -0.15) is 4.98 Å². The van der Waals surface area contributed by atoms with Crippen LogP contribution >= 0.6 is 0 Å². The molecule has 1 unspecified atom stereocenters. The first-order chi connectivity index (χ1) is 8.66. The highest BCUT2D eigenvalue weighted by Gasteiger charge is 2.40. The predicted octanol–water partition coefficient (Wildman–Crippen LogP) is 0.774. The van der Waals surface area contributed by atoms with Gasteiger partial charge in [0, 0.05) is 6.54 Å². The maximum absolute atomic E-state index is 12.3. The number of amides is 1. The molecule has 1 aliphatic rings. The highest BCUT2D eigenvalue weighted by molar-refractivity contribution is 5.83. The number of hydrogen-bond donors (Lipinski definition) is 2. The third-order valence-electron chi connectivity index (χ3n) is 3.42. The van der Waals surface area contributed by atoms with E-state index in [1.807, 2.05) is 0 Å².